The first-order valence-corrected chi connectivity index (χ1v) is 8.84. The number of rotatable bonds is 7. The second-order valence-electron chi connectivity index (χ2n) is 6.26. The van der Waals surface area contributed by atoms with Gasteiger partial charge in [0.1, 0.15) is 0 Å². The largest absolute Gasteiger partial charge is 0.493 e. The highest BCUT2D eigenvalue weighted by molar-refractivity contribution is 5.78. The van der Waals surface area contributed by atoms with Gasteiger partial charge in [-0.3, -0.25) is 4.79 Å². The van der Waals surface area contributed by atoms with Crippen molar-refractivity contribution in [3.05, 3.63) is 95.6 Å². The van der Waals surface area contributed by atoms with E-state index in [0.29, 0.717) is 11.5 Å². The molecule has 0 heterocycles. The van der Waals surface area contributed by atoms with Gasteiger partial charge in [-0.25, -0.2) is 0 Å². The summed E-state index contributed by atoms with van der Waals surface area (Å²) < 4.78 is 10.9. The Morgan fingerprint density at radius 2 is 1.44 bits per heavy atom. The number of benzene rings is 3. The second kappa shape index (κ2) is 8.90. The van der Waals surface area contributed by atoms with Gasteiger partial charge in [0.25, 0.3) is 5.91 Å². The van der Waals surface area contributed by atoms with Crippen LogP contribution >= 0.6 is 0 Å². The van der Waals surface area contributed by atoms with Gasteiger partial charge in [-0.15, -0.1) is 0 Å². The summed E-state index contributed by atoms with van der Waals surface area (Å²) in [6.07, 6.45) is 0. The van der Waals surface area contributed by atoms with E-state index < -0.39 is 0 Å². The van der Waals surface area contributed by atoms with E-state index in [0.717, 1.165) is 11.1 Å². The Balaban J connectivity index is 1.74. The number of methoxy groups -OCH3 is 1. The van der Waals surface area contributed by atoms with E-state index >= 15 is 0 Å². The molecule has 138 valence electrons. The fourth-order valence-electron chi connectivity index (χ4n) is 2.85. The average Bonchev–Trinajstić information content (AvgIpc) is 2.72. The Kier molecular flexibility index (Phi) is 6.10. The van der Waals surface area contributed by atoms with Crippen LogP contribution in [0.3, 0.4) is 0 Å². The molecule has 1 N–H and O–H groups in total. The molecule has 0 saturated heterocycles. The van der Waals surface area contributed by atoms with Crippen molar-refractivity contribution in [1.29, 1.82) is 0 Å². The van der Waals surface area contributed by atoms with Crippen LogP contribution < -0.4 is 14.8 Å². The number of carbonyl (C=O) groups excluding carboxylic acids is 1. The number of ether oxygens (including phenoxy) is 2. The number of hydrogen-bond donors (Lipinski definition) is 1. The lowest BCUT2D eigenvalue weighted by Crippen LogP contribution is -2.33. The SMILES string of the molecule is COc1ccccc1OCC(=O)N[C@H](c1ccccc1)c1ccc(C)cc1. The molecule has 4 nitrogen and oxygen atoms in total. The molecule has 0 saturated carbocycles. The summed E-state index contributed by atoms with van der Waals surface area (Å²) in [6, 6.07) is 25.1. The van der Waals surface area contributed by atoms with E-state index in [1.165, 1.54) is 5.56 Å². The molecule has 0 aromatic heterocycles. The lowest BCUT2D eigenvalue weighted by atomic mass is 9.98. The molecule has 0 aliphatic heterocycles. The summed E-state index contributed by atoms with van der Waals surface area (Å²) in [5.74, 6) is 0.945. The van der Waals surface area contributed by atoms with Crippen LogP contribution in [0.2, 0.25) is 0 Å². The first kappa shape index (κ1) is 18.5. The predicted molar refractivity (Wildman–Crippen MR) is 106 cm³/mol. The second-order valence-corrected chi connectivity index (χ2v) is 6.26. The highest BCUT2D eigenvalue weighted by Gasteiger charge is 2.17. The van der Waals surface area contributed by atoms with Crippen LogP contribution in [0.1, 0.15) is 22.7 Å². The lowest BCUT2D eigenvalue weighted by Gasteiger charge is -2.20. The van der Waals surface area contributed by atoms with E-state index in [1.54, 1.807) is 19.2 Å². The number of carbonyl (C=O) groups is 1. The standard InChI is InChI=1S/C23H23NO3/c1-17-12-14-19(15-13-17)23(18-8-4-3-5-9-18)24-22(25)16-27-21-11-7-6-10-20(21)26-2/h3-15,23H,16H2,1-2H3,(H,24,25)/t23-/m1/s1. The Morgan fingerprint density at radius 1 is 0.852 bits per heavy atom. The van der Waals surface area contributed by atoms with Crippen molar-refractivity contribution in [2.24, 2.45) is 0 Å². The van der Waals surface area contributed by atoms with Crippen molar-refractivity contribution < 1.29 is 14.3 Å². The Labute approximate surface area is 159 Å². The van der Waals surface area contributed by atoms with E-state index in [2.05, 4.69) is 5.32 Å². The maximum Gasteiger partial charge on any atom is 0.258 e. The Bertz CT molecular complexity index is 876. The minimum absolute atomic E-state index is 0.0877. The molecule has 0 spiro atoms. The molecule has 0 unspecified atom stereocenters. The van der Waals surface area contributed by atoms with E-state index in [4.69, 9.17) is 9.47 Å². The first-order valence-electron chi connectivity index (χ1n) is 8.84. The fraction of sp³-hybridized carbons (Fsp3) is 0.174. The molecule has 0 fully saturated rings. The molecule has 0 aliphatic carbocycles. The minimum Gasteiger partial charge on any atom is -0.493 e. The van der Waals surface area contributed by atoms with Gasteiger partial charge in [0, 0.05) is 0 Å². The van der Waals surface area contributed by atoms with Crippen molar-refractivity contribution in [3.63, 3.8) is 0 Å². The van der Waals surface area contributed by atoms with E-state index in [1.807, 2.05) is 73.7 Å². The molecule has 3 aromatic carbocycles. The molecule has 0 radical (unpaired) electrons. The summed E-state index contributed by atoms with van der Waals surface area (Å²) in [4.78, 5) is 12.6. The molecule has 1 atom stereocenters. The normalized spacial score (nSPS) is 11.5. The summed E-state index contributed by atoms with van der Waals surface area (Å²) in [5, 5.41) is 3.07. The summed E-state index contributed by atoms with van der Waals surface area (Å²) >= 11 is 0. The van der Waals surface area contributed by atoms with Gasteiger partial charge in [-0.05, 0) is 30.2 Å². The van der Waals surface area contributed by atoms with Gasteiger partial charge in [-0.1, -0.05) is 72.3 Å². The highest BCUT2D eigenvalue weighted by atomic mass is 16.5. The van der Waals surface area contributed by atoms with Crippen LogP contribution in [-0.4, -0.2) is 19.6 Å². The predicted octanol–water partition coefficient (Wildman–Crippen LogP) is 4.29. The van der Waals surface area contributed by atoms with Crippen LogP contribution in [-0.2, 0) is 4.79 Å². The quantitative estimate of drug-likeness (QED) is 0.683. The smallest absolute Gasteiger partial charge is 0.258 e. The van der Waals surface area contributed by atoms with Crippen LogP contribution in [0.4, 0.5) is 0 Å². The molecule has 0 aliphatic rings. The van der Waals surface area contributed by atoms with Crippen molar-refractivity contribution in [2.45, 2.75) is 13.0 Å². The van der Waals surface area contributed by atoms with Gasteiger partial charge in [0.2, 0.25) is 0 Å². The van der Waals surface area contributed by atoms with Gasteiger partial charge < -0.3 is 14.8 Å². The lowest BCUT2D eigenvalue weighted by molar-refractivity contribution is -0.123. The maximum atomic E-state index is 12.6. The Morgan fingerprint density at radius 3 is 2.11 bits per heavy atom. The molecule has 3 aromatic rings. The minimum atomic E-state index is -0.236. The van der Waals surface area contributed by atoms with Crippen molar-refractivity contribution in [3.8, 4) is 11.5 Å². The van der Waals surface area contributed by atoms with Crippen molar-refractivity contribution >= 4 is 5.91 Å². The van der Waals surface area contributed by atoms with Crippen LogP contribution in [0.15, 0.2) is 78.9 Å². The van der Waals surface area contributed by atoms with Crippen LogP contribution in [0.5, 0.6) is 11.5 Å². The molecule has 3 rings (SSSR count). The third-order valence-electron chi connectivity index (χ3n) is 4.28. The third-order valence-corrected chi connectivity index (χ3v) is 4.28. The van der Waals surface area contributed by atoms with Crippen LogP contribution in [0.25, 0.3) is 0 Å². The molecule has 27 heavy (non-hydrogen) atoms. The number of aryl methyl sites for hydroxylation is 1. The zero-order chi connectivity index (χ0) is 19.1. The topological polar surface area (TPSA) is 47.6 Å². The molecular formula is C23H23NO3. The Hall–Kier alpha value is -3.27. The summed E-state index contributed by atoms with van der Waals surface area (Å²) in [6.45, 7) is 1.95. The van der Waals surface area contributed by atoms with Crippen molar-refractivity contribution in [1.82, 2.24) is 5.32 Å². The molecule has 4 heteroatoms. The third kappa shape index (κ3) is 4.88. The van der Waals surface area contributed by atoms with E-state index in [-0.39, 0.29) is 18.6 Å². The fourth-order valence-corrected chi connectivity index (χ4v) is 2.85. The number of para-hydroxylation sites is 2. The zero-order valence-electron chi connectivity index (χ0n) is 15.5. The number of amides is 1. The molecular weight excluding hydrogens is 338 g/mol. The number of hydrogen-bond acceptors (Lipinski definition) is 3. The van der Waals surface area contributed by atoms with Crippen molar-refractivity contribution in [2.75, 3.05) is 13.7 Å². The highest BCUT2D eigenvalue weighted by Crippen LogP contribution is 2.26. The maximum absolute atomic E-state index is 12.6. The monoisotopic (exact) mass is 361 g/mol. The number of nitrogens with one attached hydrogen (secondary N) is 1. The molecule has 1 amide bonds. The van der Waals surface area contributed by atoms with Gasteiger partial charge in [0.15, 0.2) is 18.1 Å². The first-order chi connectivity index (χ1) is 13.2. The average molecular weight is 361 g/mol. The summed E-state index contributed by atoms with van der Waals surface area (Å²) in [5.41, 5.74) is 3.22. The van der Waals surface area contributed by atoms with Gasteiger partial charge in [-0.2, -0.15) is 0 Å². The molecule has 0 bridgehead atoms. The van der Waals surface area contributed by atoms with E-state index in [9.17, 15) is 4.79 Å². The zero-order valence-corrected chi connectivity index (χ0v) is 15.5. The van der Waals surface area contributed by atoms with Crippen LogP contribution in [0, 0.1) is 6.92 Å². The van der Waals surface area contributed by atoms with Gasteiger partial charge in [0.05, 0.1) is 13.2 Å². The van der Waals surface area contributed by atoms with Gasteiger partial charge >= 0.3 is 0 Å². The summed E-state index contributed by atoms with van der Waals surface area (Å²) in [7, 11) is 1.57.